The van der Waals surface area contributed by atoms with E-state index in [-0.39, 0.29) is 24.0 Å². The second-order valence-electron chi connectivity index (χ2n) is 6.61. The number of aromatic nitrogens is 3. The maximum Gasteiger partial charge on any atom is 0.234 e. The van der Waals surface area contributed by atoms with Crippen LogP contribution in [-0.4, -0.2) is 38.9 Å². The summed E-state index contributed by atoms with van der Waals surface area (Å²) >= 11 is 13.1. The largest absolute Gasteiger partial charge is 0.494 e. The van der Waals surface area contributed by atoms with Crippen molar-refractivity contribution in [1.29, 1.82) is 0 Å². The Morgan fingerprint density at radius 2 is 1.69 bits per heavy atom. The molecule has 2 amide bonds. The van der Waals surface area contributed by atoms with E-state index >= 15 is 0 Å². The number of hydrogen-bond donors (Lipinski definition) is 2. The lowest BCUT2D eigenvalue weighted by atomic mass is 10.3. The fourth-order valence-corrected chi connectivity index (χ4v) is 3.70. The number of benzene rings is 2. The van der Waals surface area contributed by atoms with Gasteiger partial charge in [0, 0.05) is 18.4 Å². The SMILES string of the molecule is CCOc1ccc(NC(=O)CSc2nnc(CC(=O)Nc3ccc(Cl)c(Cl)c3)n2C)cc1. The summed E-state index contributed by atoms with van der Waals surface area (Å²) in [4.78, 5) is 24.6. The van der Waals surface area contributed by atoms with Crippen LogP contribution in [0.5, 0.6) is 5.75 Å². The zero-order valence-corrected chi connectivity index (χ0v) is 19.7. The number of carbonyl (C=O) groups is 2. The summed E-state index contributed by atoms with van der Waals surface area (Å²) in [5.74, 6) is 0.908. The number of thioether (sulfide) groups is 1. The lowest BCUT2D eigenvalue weighted by Gasteiger charge is -2.08. The highest BCUT2D eigenvalue weighted by molar-refractivity contribution is 7.99. The number of rotatable bonds is 9. The van der Waals surface area contributed by atoms with Gasteiger partial charge in [-0.05, 0) is 49.4 Å². The van der Waals surface area contributed by atoms with Crippen LogP contribution in [0.15, 0.2) is 47.6 Å². The molecule has 32 heavy (non-hydrogen) atoms. The fourth-order valence-electron chi connectivity index (χ4n) is 2.68. The van der Waals surface area contributed by atoms with E-state index < -0.39 is 0 Å². The van der Waals surface area contributed by atoms with Crippen LogP contribution in [0.2, 0.25) is 10.0 Å². The molecule has 3 aromatic rings. The Hall–Kier alpha value is -2.75. The number of nitrogens with zero attached hydrogens (tertiary/aromatic N) is 3. The van der Waals surface area contributed by atoms with Crippen molar-refractivity contribution < 1.29 is 14.3 Å². The van der Waals surface area contributed by atoms with E-state index in [1.165, 1.54) is 11.8 Å². The van der Waals surface area contributed by atoms with Gasteiger partial charge in [-0.25, -0.2) is 0 Å². The van der Waals surface area contributed by atoms with Gasteiger partial charge in [0.2, 0.25) is 11.8 Å². The Balaban J connectivity index is 1.51. The highest BCUT2D eigenvalue weighted by atomic mass is 35.5. The van der Waals surface area contributed by atoms with E-state index in [9.17, 15) is 9.59 Å². The Labute approximate surface area is 199 Å². The molecule has 1 heterocycles. The molecule has 0 aliphatic carbocycles. The molecule has 0 spiro atoms. The smallest absolute Gasteiger partial charge is 0.234 e. The number of halogens is 2. The maximum atomic E-state index is 12.3. The molecule has 11 heteroatoms. The average Bonchev–Trinajstić information content (AvgIpc) is 3.10. The van der Waals surface area contributed by atoms with E-state index in [0.717, 1.165) is 5.75 Å². The van der Waals surface area contributed by atoms with Crippen LogP contribution in [0.1, 0.15) is 12.7 Å². The van der Waals surface area contributed by atoms with Gasteiger partial charge in [-0.15, -0.1) is 10.2 Å². The normalized spacial score (nSPS) is 10.6. The Bertz CT molecular complexity index is 1110. The highest BCUT2D eigenvalue weighted by Gasteiger charge is 2.15. The Kier molecular flexibility index (Phi) is 8.38. The second kappa shape index (κ2) is 11.2. The van der Waals surface area contributed by atoms with Gasteiger partial charge >= 0.3 is 0 Å². The number of ether oxygens (including phenoxy) is 1. The molecule has 168 valence electrons. The minimum absolute atomic E-state index is 0.0165. The van der Waals surface area contributed by atoms with Gasteiger partial charge in [0.25, 0.3) is 0 Å². The van der Waals surface area contributed by atoms with E-state index in [4.69, 9.17) is 27.9 Å². The number of amides is 2. The third kappa shape index (κ3) is 6.62. The predicted octanol–water partition coefficient (Wildman–Crippen LogP) is 4.43. The van der Waals surface area contributed by atoms with Gasteiger partial charge in [0.15, 0.2) is 5.16 Å². The summed E-state index contributed by atoms with van der Waals surface area (Å²) in [7, 11) is 1.74. The first-order chi connectivity index (χ1) is 15.4. The quantitative estimate of drug-likeness (QED) is 0.427. The van der Waals surface area contributed by atoms with E-state index in [1.807, 2.05) is 6.92 Å². The monoisotopic (exact) mass is 493 g/mol. The number of hydrogen-bond acceptors (Lipinski definition) is 6. The molecule has 2 N–H and O–H groups in total. The molecular formula is C21H21Cl2N5O3S. The van der Waals surface area contributed by atoms with Gasteiger partial charge in [-0.1, -0.05) is 35.0 Å². The summed E-state index contributed by atoms with van der Waals surface area (Å²) in [6.07, 6.45) is 0.0165. The van der Waals surface area contributed by atoms with Crippen molar-refractivity contribution in [2.45, 2.75) is 18.5 Å². The molecular weight excluding hydrogens is 473 g/mol. The first kappa shape index (κ1) is 23.9. The van der Waals surface area contributed by atoms with Crippen LogP contribution in [0.25, 0.3) is 0 Å². The molecule has 0 aliphatic heterocycles. The fraction of sp³-hybridized carbons (Fsp3) is 0.238. The molecule has 0 atom stereocenters. The van der Waals surface area contributed by atoms with Crippen LogP contribution in [0.4, 0.5) is 11.4 Å². The maximum absolute atomic E-state index is 12.3. The van der Waals surface area contributed by atoms with Crippen molar-refractivity contribution in [2.75, 3.05) is 23.0 Å². The molecule has 3 rings (SSSR count). The molecule has 1 aromatic heterocycles. The first-order valence-corrected chi connectivity index (χ1v) is 11.4. The summed E-state index contributed by atoms with van der Waals surface area (Å²) < 4.78 is 7.07. The minimum atomic E-state index is -0.274. The van der Waals surface area contributed by atoms with Crippen LogP contribution in [0, 0.1) is 0 Å². The van der Waals surface area contributed by atoms with Gasteiger partial charge < -0.3 is 19.9 Å². The number of carbonyl (C=O) groups excluding carboxylic acids is 2. The molecule has 0 bridgehead atoms. The van der Waals surface area contributed by atoms with E-state index in [2.05, 4.69) is 20.8 Å². The van der Waals surface area contributed by atoms with Crippen molar-refractivity contribution in [3.63, 3.8) is 0 Å². The highest BCUT2D eigenvalue weighted by Crippen LogP contribution is 2.25. The molecule has 0 fully saturated rings. The molecule has 0 saturated heterocycles. The Morgan fingerprint density at radius 1 is 1.00 bits per heavy atom. The van der Waals surface area contributed by atoms with E-state index in [1.54, 1.807) is 54.1 Å². The molecule has 0 saturated carbocycles. The first-order valence-electron chi connectivity index (χ1n) is 9.64. The van der Waals surface area contributed by atoms with Crippen LogP contribution in [-0.2, 0) is 23.1 Å². The summed E-state index contributed by atoms with van der Waals surface area (Å²) in [6.45, 7) is 2.49. The lowest BCUT2D eigenvalue weighted by Crippen LogP contribution is -2.17. The predicted molar refractivity (Wildman–Crippen MR) is 127 cm³/mol. The van der Waals surface area contributed by atoms with Gasteiger partial charge in [-0.3, -0.25) is 9.59 Å². The number of nitrogens with one attached hydrogen (secondary N) is 2. The second-order valence-corrected chi connectivity index (χ2v) is 8.36. The van der Waals surface area contributed by atoms with Crippen LogP contribution < -0.4 is 15.4 Å². The van der Waals surface area contributed by atoms with Gasteiger partial charge in [-0.2, -0.15) is 0 Å². The van der Waals surface area contributed by atoms with Crippen molar-refractivity contribution >= 4 is 58.2 Å². The van der Waals surface area contributed by atoms with Crippen LogP contribution >= 0.6 is 35.0 Å². The minimum Gasteiger partial charge on any atom is -0.494 e. The Morgan fingerprint density at radius 3 is 2.38 bits per heavy atom. The van der Waals surface area contributed by atoms with Gasteiger partial charge in [0.1, 0.15) is 11.6 Å². The van der Waals surface area contributed by atoms with Crippen molar-refractivity contribution in [3.8, 4) is 5.75 Å². The average molecular weight is 494 g/mol. The third-order valence-corrected chi connectivity index (χ3v) is 5.99. The molecule has 0 radical (unpaired) electrons. The topological polar surface area (TPSA) is 98.1 Å². The third-order valence-electron chi connectivity index (χ3n) is 4.23. The summed E-state index contributed by atoms with van der Waals surface area (Å²) in [5.41, 5.74) is 1.21. The summed E-state index contributed by atoms with van der Waals surface area (Å²) in [5, 5.41) is 15.0. The lowest BCUT2D eigenvalue weighted by molar-refractivity contribution is -0.116. The van der Waals surface area contributed by atoms with Gasteiger partial charge in [0.05, 0.1) is 28.8 Å². The molecule has 8 nitrogen and oxygen atoms in total. The van der Waals surface area contributed by atoms with Crippen LogP contribution in [0.3, 0.4) is 0 Å². The summed E-state index contributed by atoms with van der Waals surface area (Å²) in [6, 6.07) is 12.0. The number of anilines is 2. The zero-order chi connectivity index (χ0) is 23.1. The molecule has 0 aliphatic rings. The van der Waals surface area contributed by atoms with Crippen molar-refractivity contribution in [2.24, 2.45) is 7.05 Å². The zero-order valence-electron chi connectivity index (χ0n) is 17.4. The molecule has 0 unspecified atom stereocenters. The molecule has 2 aromatic carbocycles. The van der Waals surface area contributed by atoms with Crippen molar-refractivity contribution in [1.82, 2.24) is 14.8 Å². The van der Waals surface area contributed by atoms with Crippen molar-refractivity contribution in [3.05, 3.63) is 58.3 Å². The van der Waals surface area contributed by atoms with E-state index in [0.29, 0.717) is 39.0 Å². The standard InChI is InChI=1S/C21H21Cl2N5O3S/c1-3-31-15-7-4-13(5-8-15)24-20(30)12-32-21-27-26-18(28(21)2)11-19(29)25-14-6-9-16(22)17(23)10-14/h4-10H,3,11-12H2,1-2H3,(H,24,30)(H,25,29).